The Morgan fingerprint density at radius 3 is 3.00 bits per heavy atom. The molecule has 0 radical (unpaired) electrons. The third kappa shape index (κ3) is 1.44. The van der Waals surface area contributed by atoms with Crippen LogP contribution in [-0.4, -0.2) is 24.8 Å². The maximum atomic E-state index is 12.3. The molecule has 0 saturated heterocycles. The Kier molecular flexibility index (Phi) is 2.21. The lowest BCUT2D eigenvalue weighted by atomic mass is 10.4. The van der Waals surface area contributed by atoms with Gasteiger partial charge in [0.15, 0.2) is 18.4 Å². The minimum atomic E-state index is -1.26. The van der Waals surface area contributed by atoms with Crippen LogP contribution in [0.25, 0.3) is 0 Å². The van der Waals surface area contributed by atoms with Gasteiger partial charge in [0.05, 0.1) is 0 Å². The normalized spacial score (nSPS) is 32.9. The van der Waals surface area contributed by atoms with Crippen molar-refractivity contribution in [2.75, 3.05) is 7.11 Å². The highest BCUT2D eigenvalue weighted by atomic mass is 19.1. The zero-order chi connectivity index (χ0) is 7.56. The fraction of sp³-hybridized carbons (Fsp3) is 0.600. The van der Waals surface area contributed by atoms with Gasteiger partial charge in [-0.1, -0.05) is 0 Å². The monoisotopic (exact) mass is 148 g/mol. The number of ether oxygens (including phenoxy) is 1. The quantitative estimate of drug-likeness (QED) is 0.457. The summed E-state index contributed by atoms with van der Waals surface area (Å²) in [6.07, 6.45) is -0.712. The summed E-state index contributed by atoms with van der Waals surface area (Å²) in [7, 11) is 1.44. The van der Waals surface area contributed by atoms with Crippen molar-refractivity contribution < 1.29 is 14.2 Å². The molecule has 0 amide bonds. The Morgan fingerprint density at radius 2 is 2.50 bits per heavy atom. The highest BCUT2D eigenvalue weighted by molar-refractivity contribution is 5.00. The van der Waals surface area contributed by atoms with Gasteiger partial charge < -0.3 is 15.2 Å². The van der Waals surface area contributed by atoms with E-state index < -0.39 is 18.4 Å². The number of halogens is 1. The van der Waals surface area contributed by atoms with E-state index in [2.05, 4.69) is 10.6 Å². The van der Waals surface area contributed by atoms with E-state index in [4.69, 9.17) is 9.84 Å². The van der Waals surface area contributed by atoms with Crippen molar-refractivity contribution in [2.24, 2.45) is 0 Å². The van der Waals surface area contributed by atoms with Crippen molar-refractivity contribution in [3.05, 3.63) is 12.0 Å². The predicted molar refractivity (Wildman–Crippen MR) is 32.3 cm³/mol. The van der Waals surface area contributed by atoms with Crippen molar-refractivity contribution in [3.63, 3.8) is 0 Å². The number of hydrogen-bond acceptors (Lipinski definition) is 4. The van der Waals surface area contributed by atoms with Crippen LogP contribution in [0, 0.1) is 0 Å². The van der Waals surface area contributed by atoms with Gasteiger partial charge in [-0.3, -0.25) is 0 Å². The number of aliphatic hydroxyl groups excluding tert-OH is 1. The van der Waals surface area contributed by atoms with Crippen LogP contribution in [0.3, 0.4) is 0 Å². The van der Waals surface area contributed by atoms with Crippen LogP contribution in [0.2, 0.25) is 0 Å². The molecule has 1 rings (SSSR count). The molecule has 0 aromatic heterocycles. The van der Waals surface area contributed by atoms with Crippen LogP contribution in [0.1, 0.15) is 0 Å². The minimum Gasteiger partial charge on any atom is -0.372 e. The Labute approximate surface area is 57.7 Å². The Hall–Kier alpha value is -0.650. The summed E-state index contributed by atoms with van der Waals surface area (Å²) in [4.78, 5) is 0. The van der Waals surface area contributed by atoms with Gasteiger partial charge in [-0.05, 0) is 0 Å². The van der Waals surface area contributed by atoms with Gasteiger partial charge in [0.1, 0.15) is 0 Å². The first-order chi connectivity index (χ1) is 4.74. The summed E-state index contributed by atoms with van der Waals surface area (Å²) >= 11 is 0. The zero-order valence-corrected chi connectivity index (χ0v) is 5.47. The smallest absolute Gasteiger partial charge is 0.185 e. The molecule has 0 bridgehead atoms. The molecule has 0 fully saturated rings. The molecular formula is C5H9FN2O2. The predicted octanol–water partition coefficient (Wildman–Crippen LogP) is -0.761. The van der Waals surface area contributed by atoms with E-state index in [-0.39, 0.29) is 0 Å². The summed E-state index contributed by atoms with van der Waals surface area (Å²) < 4.78 is 17.0. The lowest BCUT2D eigenvalue weighted by molar-refractivity contribution is -0.00583. The largest absolute Gasteiger partial charge is 0.372 e. The molecule has 58 valence electrons. The topological polar surface area (TPSA) is 53.5 Å². The zero-order valence-electron chi connectivity index (χ0n) is 5.47. The van der Waals surface area contributed by atoms with Crippen LogP contribution in [0.4, 0.5) is 4.39 Å². The second-order valence-corrected chi connectivity index (χ2v) is 1.88. The molecular weight excluding hydrogens is 139 g/mol. The third-order valence-electron chi connectivity index (χ3n) is 1.18. The van der Waals surface area contributed by atoms with Gasteiger partial charge in [0.25, 0.3) is 0 Å². The molecule has 0 aliphatic carbocycles. The van der Waals surface area contributed by atoms with Crippen molar-refractivity contribution in [1.29, 1.82) is 0 Å². The molecule has 1 heterocycles. The van der Waals surface area contributed by atoms with Crippen molar-refractivity contribution in [3.8, 4) is 0 Å². The van der Waals surface area contributed by atoms with Gasteiger partial charge in [-0.25, -0.2) is 9.71 Å². The summed E-state index contributed by atoms with van der Waals surface area (Å²) in [6, 6.07) is 0. The Morgan fingerprint density at radius 1 is 1.80 bits per heavy atom. The highest BCUT2D eigenvalue weighted by Gasteiger charge is 2.19. The van der Waals surface area contributed by atoms with E-state index in [0.29, 0.717) is 0 Å². The van der Waals surface area contributed by atoms with Crippen molar-refractivity contribution in [2.45, 2.75) is 12.6 Å². The first kappa shape index (κ1) is 7.46. The van der Waals surface area contributed by atoms with E-state index >= 15 is 0 Å². The van der Waals surface area contributed by atoms with Crippen LogP contribution in [-0.2, 0) is 4.74 Å². The van der Waals surface area contributed by atoms with Crippen LogP contribution < -0.4 is 10.6 Å². The molecule has 1 aliphatic heterocycles. The molecule has 0 spiro atoms. The summed E-state index contributed by atoms with van der Waals surface area (Å²) in [5.41, 5.74) is 0. The summed E-state index contributed by atoms with van der Waals surface area (Å²) in [5.74, 6) is -0.645. The van der Waals surface area contributed by atoms with Gasteiger partial charge in [0, 0.05) is 13.3 Å². The molecule has 0 aromatic rings. The first-order valence-corrected chi connectivity index (χ1v) is 2.82. The molecule has 5 heteroatoms. The van der Waals surface area contributed by atoms with Gasteiger partial charge in [-0.2, -0.15) is 0 Å². The number of nitrogens with one attached hydrogen (secondary N) is 2. The number of rotatable bonds is 1. The highest BCUT2D eigenvalue weighted by Crippen LogP contribution is 2.04. The average Bonchev–Trinajstić information content (AvgIpc) is 1.95. The lowest BCUT2D eigenvalue weighted by Crippen LogP contribution is -2.50. The SMILES string of the molecule is COC1NC=C(F)C(O)N1. The van der Waals surface area contributed by atoms with E-state index in [1.54, 1.807) is 0 Å². The molecule has 4 nitrogen and oxygen atoms in total. The Bertz CT molecular complexity index is 151. The van der Waals surface area contributed by atoms with E-state index in [0.717, 1.165) is 6.20 Å². The fourth-order valence-corrected chi connectivity index (χ4v) is 0.641. The number of hydrogen-bond donors (Lipinski definition) is 3. The minimum absolute atomic E-state index is 0.519. The van der Waals surface area contributed by atoms with E-state index in [1.165, 1.54) is 7.11 Å². The molecule has 10 heavy (non-hydrogen) atoms. The van der Waals surface area contributed by atoms with Crippen molar-refractivity contribution >= 4 is 0 Å². The van der Waals surface area contributed by atoms with E-state index in [9.17, 15) is 4.39 Å². The summed E-state index contributed by atoms with van der Waals surface area (Å²) in [5, 5.41) is 13.7. The fourth-order valence-electron chi connectivity index (χ4n) is 0.641. The number of methoxy groups -OCH3 is 1. The lowest BCUT2D eigenvalue weighted by Gasteiger charge is -2.24. The molecule has 0 saturated carbocycles. The Balaban J connectivity index is 2.51. The van der Waals surface area contributed by atoms with Gasteiger partial charge >= 0.3 is 0 Å². The molecule has 3 N–H and O–H groups in total. The first-order valence-electron chi connectivity index (χ1n) is 2.82. The number of aliphatic hydroxyl groups is 1. The van der Waals surface area contributed by atoms with Crippen LogP contribution in [0.15, 0.2) is 12.0 Å². The molecule has 2 unspecified atom stereocenters. The van der Waals surface area contributed by atoms with E-state index in [1.807, 2.05) is 0 Å². The molecule has 2 atom stereocenters. The second-order valence-electron chi connectivity index (χ2n) is 1.88. The summed E-state index contributed by atoms with van der Waals surface area (Å²) in [6.45, 7) is 0. The standard InChI is InChI=1S/C5H9FN2O2/c1-10-5-7-2-3(6)4(9)8-5/h2,4-5,7-9H,1H3. The third-order valence-corrected chi connectivity index (χ3v) is 1.18. The maximum Gasteiger partial charge on any atom is 0.185 e. The maximum absolute atomic E-state index is 12.3. The van der Waals surface area contributed by atoms with Crippen molar-refractivity contribution in [1.82, 2.24) is 10.6 Å². The average molecular weight is 148 g/mol. The second kappa shape index (κ2) is 2.96. The molecule has 1 aliphatic rings. The van der Waals surface area contributed by atoms with Crippen LogP contribution in [0.5, 0.6) is 0 Å². The van der Waals surface area contributed by atoms with Gasteiger partial charge in [0.2, 0.25) is 0 Å². The van der Waals surface area contributed by atoms with Crippen LogP contribution >= 0.6 is 0 Å². The molecule has 0 aromatic carbocycles. The van der Waals surface area contributed by atoms with Gasteiger partial charge in [-0.15, -0.1) is 0 Å².